The van der Waals surface area contributed by atoms with E-state index in [0.29, 0.717) is 29.7 Å². The van der Waals surface area contributed by atoms with Gasteiger partial charge in [-0.25, -0.2) is 13.4 Å². The predicted molar refractivity (Wildman–Crippen MR) is 114 cm³/mol. The Morgan fingerprint density at radius 1 is 1.29 bits per heavy atom. The van der Waals surface area contributed by atoms with Gasteiger partial charge >= 0.3 is 6.18 Å². The number of carbonyl (C=O) groups excluding carboxylic acids is 1. The van der Waals surface area contributed by atoms with Crippen LogP contribution in [-0.4, -0.2) is 34.3 Å². The van der Waals surface area contributed by atoms with Crippen LogP contribution in [0.25, 0.3) is 5.65 Å². The van der Waals surface area contributed by atoms with Crippen molar-refractivity contribution in [2.75, 3.05) is 5.75 Å². The van der Waals surface area contributed by atoms with Crippen LogP contribution in [0.15, 0.2) is 35.6 Å². The van der Waals surface area contributed by atoms with Crippen molar-refractivity contribution in [3.8, 4) is 6.07 Å². The molecule has 2 aliphatic rings. The molecular weight excluding hydrogens is 469 g/mol. The number of hydrogen-bond acceptors (Lipinski definition) is 6. The minimum atomic E-state index is -4.65. The number of halogens is 3. The summed E-state index contributed by atoms with van der Waals surface area (Å²) in [6.45, 7) is 1.40. The van der Waals surface area contributed by atoms with Gasteiger partial charge in [0.25, 0.3) is 0 Å². The van der Waals surface area contributed by atoms with Crippen LogP contribution in [-0.2, 0) is 34.3 Å². The molecule has 1 atom stereocenters. The zero-order valence-electron chi connectivity index (χ0n) is 18.1. The van der Waals surface area contributed by atoms with E-state index in [-0.39, 0.29) is 40.7 Å². The highest BCUT2D eigenvalue weighted by Crippen LogP contribution is 2.48. The van der Waals surface area contributed by atoms with Gasteiger partial charge in [-0.1, -0.05) is 6.92 Å². The Bertz CT molecular complexity index is 1500. The van der Waals surface area contributed by atoms with Gasteiger partial charge in [-0.05, 0) is 36.6 Å². The third kappa shape index (κ3) is 3.48. The zero-order valence-corrected chi connectivity index (χ0v) is 18.9. The molecule has 0 aliphatic heterocycles. The van der Waals surface area contributed by atoms with E-state index in [9.17, 15) is 31.6 Å². The van der Waals surface area contributed by atoms with E-state index in [1.807, 2.05) is 0 Å². The molecule has 3 heterocycles. The van der Waals surface area contributed by atoms with Crippen molar-refractivity contribution in [2.24, 2.45) is 5.92 Å². The third-order valence-corrected chi connectivity index (χ3v) is 8.43. The second kappa shape index (κ2) is 7.37. The van der Waals surface area contributed by atoms with Crippen molar-refractivity contribution in [3.63, 3.8) is 0 Å². The maximum Gasteiger partial charge on any atom is 0.417 e. The summed E-state index contributed by atoms with van der Waals surface area (Å²) < 4.78 is 66.4. The van der Waals surface area contributed by atoms with Crippen LogP contribution in [0.3, 0.4) is 0 Å². The van der Waals surface area contributed by atoms with E-state index in [0.717, 1.165) is 22.7 Å². The summed E-state index contributed by atoms with van der Waals surface area (Å²) in [5, 5.41) is 9.12. The number of Topliss-reactive ketones (excluding diaryl/α,β-unsaturated/α-hetero) is 1. The number of fused-ring (bicyclic) bond motifs is 2. The highest BCUT2D eigenvalue weighted by molar-refractivity contribution is 7.91. The first-order valence-corrected chi connectivity index (χ1v) is 12.4. The van der Waals surface area contributed by atoms with Crippen molar-refractivity contribution < 1.29 is 26.4 Å². The summed E-state index contributed by atoms with van der Waals surface area (Å²) in [6.07, 6.45) is -0.679. The Kier molecular flexibility index (Phi) is 4.88. The van der Waals surface area contributed by atoms with Crippen LogP contribution in [0.5, 0.6) is 0 Å². The minimum absolute atomic E-state index is 0.0501. The third-order valence-electron chi connectivity index (χ3n) is 6.65. The van der Waals surface area contributed by atoms with E-state index >= 15 is 0 Å². The van der Waals surface area contributed by atoms with Gasteiger partial charge in [0.15, 0.2) is 20.6 Å². The largest absolute Gasteiger partial charge is 0.417 e. The molecule has 1 fully saturated rings. The second-order valence-electron chi connectivity index (χ2n) is 8.79. The first-order chi connectivity index (χ1) is 16.0. The first kappa shape index (κ1) is 22.5. The lowest BCUT2D eigenvalue weighted by molar-refractivity contribution is -0.137. The van der Waals surface area contributed by atoms with Crippen LogP contribution < -0.4 is 0 Å². The Morgan fingerprint density at radius 2 is 2.03 bits per heavy atom. The molecule has 0 saturated heterocycles. The molecule has 176 valence electrons. The summed E-state index contributed by atoms with van der Waals surface area (Å²) in [5.74, 6) is -1.21. The lowest BCUT2D eigenvalue weighted by Crippen LogP contribution is -2.16. The summed E-state index contributed by atoms with van der Waals surface area (Å²) in [7, 11) is -3.95. The number of pyridine rings is 2. The van der Waals surface area contributed by atoms with E-state index in [1.54, 1.807) is 12.3 Å². The number of carbonyl (C=O) groups is 1. The van der Waals surface area contributed by atoms with E-state index in [4.69, 9.17) is 0 Å². The summed E-state index contributed by atoms with van der Waals surface area (Å²) in [5.41, 5.74) is 0.197. The fourth-order valence-electron chi connectivity index (χ4n) is 4.50. The Labute approximate surface area is 193 Å². The highest BCUT2D eigenvalue weighted by atomic mass is 32.2. The number of rotatable bonds is 5. The standard InChI is InChI=1S/C23H19F3N4O3S/c1-2-34(32,33)21-18(29-19-4-3-14(11-30(19)21)23(24,25)26)8-13-7-17-16(20(13)31)9-15(10-28-17)22(12-27)5-6-22/h3-4,9-11,13H,2,5-8H2,1H3. The van der Waals surface area contributed by atoms with Gasteiger partial charge in [0.05, 0.1) is 34.2 Å². The predicted octanol–water partition coefficient (Wildman–Crippen LogP) is 3.69. The number of ketones is 1. The van der Waals surface area contributed by atoms with Crippen molar-refractivity contribution in [1.82, 2.24) is 14.4 Å². The van der Waals surface area contributed by atoms with Crippen molar-refractivity contribution in [3.05, 3.63) is 58.7 Å². The molecule has 11 heteroatoms. The van der Waals surface area contributed by atoms with Crippen LogP contribution in [0.2, 0.25) is 0 Å². The molecule has 0 radical (unpaired) electrons. The summed E-state index contributed by atoms with van der Waals surface area (Å²) in [4.78, 5) is 21.8. The number of nitriles is 1. The quantitative estimate of drug-likeness (QED) is 0.542. The van der Waals surface area contributed by atoms with Gasteiger partial charge in [0, 0.05) is 36.7 Å². The molecule has 0 N–H and O–H groups in total. The molecule has 3 aromatic rings. The van der Waals surface area contributed by atoms with Gasteiger partial charge in [0.1, 0.15) is 5.65 Å². The Morgan fingerprint density at radius 3 is 2.65 bits per heavy atom. The number of nitrogens with zero attached hydrogens (tertiary/aromatic N) is 4. The van der Waals surface area contributed by atoms with E-state index in [2.05, 4.69) is 16.0 Å². The molecule has 0 spiro atoms. The molecular formula is C23H19F3N4O3S. The van der Waals surface area contributed by atoms with Crippen LogP contribution >= 0.6 is 0 Å². The number of hydrogen-bond donors (Lipinski definition) is 0. The fraction of sp³-hybridized carbons (Fsp3) is 0.391. The number of imidazole rings is 1. The number of aromatic nitrogens is 3. The van der Waals surface area contributed by atoms with Crippen molar-refractivity contribution in [1.29, 1.82) is 5.26 Å². The normalized spacial score (nSPS) is 19.3. The molecule has 3 aromatic heterocycles. The monoisotopic (exact) mass is 488 g/mol. The van der Waals surface area contributed by atoms with Crippen molar-refractivity contribution in [2.45, 2.75) is 49.2 Å². The smallest absolute Gasteiger partial charge is 0.294 e. The van der Waals surface area contributed by atoms with Gasteiger partial charge in [-0.2, -0.15) is 18.4 Å². The molecule has 0 aromatic carbocycles. The number of alkyl halides is 3. The zero-order chi connectivity index (χ0) is 24.5. The van der Waals surface area contributed by atoms with Gasteiger partial charge in [-0.3, -0.25) is 14.2 Å². The fourth-order valence-corrected chi connectivity index (χ4v) is 5.71. The van der Waals surface area contributed by atoms with Crippen LogP contribution in [0.1, 0.15) is 52.6 Å². The van der Waals surface area contributed by atoms with E-state index < -0.39 is 32.9 Å². The van der Waals surface area contributed by atoms with E-state index in [1.165, 1.54) is 6.92 Å². The maximum absolute atomic E-state index is 13.3. The molecule has 34 heavy (non-hydrogen) atoms. The summed E-state index contributed by atoms with van der Waals surface area (Å²) in [6, 6.07) is 5.94. The van der Waals surface area contributed by atoms with Crippen LogP contribution in [0.4, 0.5) is 13.2 Å². The molecule has 5 rings (SSSR count). The SMILES string of the molecule is CCS(=O)(=O)c1c(CC2Cc3ncc(C4(C#N)CC4)cc3C2=O)nc2ccc(C(F)(F)F)cn12. The lowest BCUT2D eigenvalue weighted by atomic mass is 9.96. The average molecular weight is 488 g/mol. The molecule has 7 nitrogen and oxygen atoms in total. The lowest BCUT2D eigenvalue weighted by Gasteiger charge is -2.10. The topological polar surface area (TPSA) is 105 Å². The molecule has 2 aliphatic carbocycles. The van der Waals surface area contributed by atoms with Gasteiger partial charge < -0.3 is 0 Å². The molecule has 1 saturated carbocycles. The molecule has 0 bridgehead atoms. The highest BCUT2D eigenvalue weighted by Gasteiger charge is 2.46. The summed E-state index contributed by atoms with van der Waals surface area (Å²) >= 11 is 0. The van der Waals surface area contributed by atoms with Crippen molar-refractivity contribution >= 4 is 21.3 Å². The molecule has 1 unspecified atom stereocenters. The van der Waals surface area contributed by atoms with Crippen LogP contribution in [0, 0.1) is 17.2 Å². The second-order valence-corrected chi connectivity index (χ2v) is 11.0. The maximum atomic E-state index is 13.3. The minimum Gasteiger partial charge on any atom is -0.294 e. The van der Waals surface area contributed by atoms with Gasteiger partial charge in [-0.15, -0.1) is 0 Å². The average Bonchev–Trinajstić information content (AvgIpc) is 3.42. The number of sulfone groups is 1. The first-order valence-electron chi connectivity index (χ1n) is 10.7. The Balaban J connectivity index is 1.54. The Hall–Kier alpha value is -3.26. The van der Waals surface area contributed by atoms with Gasteiger partial charge in [0.2, 0.25) is 0 Å². The molecule has 0 amide bonds.